The molecule has 3 aromatic carbocycles. The molecule has 3 aliphatic rings. The van der Waals surface area contributed by atoms with Crippen molar-refractivity contribution in [3.05, 3.63) is 117 Å². The van der Waals surface area contributed by atoms with Gasteiger partial charge in [-0.1, -0.05) is 36.2 Å². The largest absolute Gasteiger partial charge is 0.459 e. The molecule has 1 saturated carbocycles. The lowest BCUT2D eigenvalue weighted by Crippen LogP contribution is -2.69. The summed E-state index contributed by atoms with van der Waals surface area (Å²) in [5.74, 6) is -0.102. The smallest absolute Gasteiger partial charge is 0.409 e. The minimum absolute atomic E-state index is 0.0220. The number of ether oxygens (including phenoxy) is 4. The summed E-state index contributed by atoms with van der Waals surface area (Å²) in [6.45, 7) is 8.41. The van der Waals surface area contributed by atoms with Crippen LogP contribution >= 0.6 is 0 Å². The Labute approximate surface area is 340 Å². The second kappa shape index (κ2) is 19.0. The fraction of sp³-hybridized carbons (Fsp3) is 0.467. The third kappa shape index (κ3) is 8.91. The molecule has 3 aromatic rings. The van der Waals surface area contributed by atoms with E-state index >= 15 is 0 Å². The molecule has 0 unspecified atom stereocenters. The molecule has 2 N–H and O–H groups in total. The molecule has 13 heteroatoms. The number of aliphatic hydroxyl groups excluding tert-OH is 2. The molecule has 0 spiro atoms. The van der Waals surface area contributed by atoms with Crippen molar-refractivity contribution in [2.24, 2.45) is 22.9 Å². The van der Waals surface area contributed by atoms with E-state index in [-0.39, 0.29) is 56.3 Å². The average molecular weight is 798 g/mol. The number of amides is 1. The number of nitro groups is 1. The van der Waals surface area contributed by atoms with Gasteiger partial charge in [0.1, 0.15) is 29.9 Å². The summed E-state index contributed by atoms with van der Waals surface area (Å²) in [6.07, 6.45) is 8.01. The number of allylic oxidation sites excluding steroid dienone is 1. The monoisotopic (exact) mass is 797 g/mol. The minimum atomic E-state index is -1.42. The van der Waals surface area contributed by atoms with Crippen LogP contribution in [0.15, 0.2) is 90.1 Å². The van der Waals surface area contributed by atoms with Crippen LogP contribution in [-0.2, 0) is 20.9 Å². The number of fused-ring (bicyclic) bond motifs is 2. The van der Waals surface area contributed by atoms with E-state index in [1.807, 2.05) is 30.3 Å². The zero-order valence-corrected chi connectivity index (χ0v) is 33.8. The topological polar surface area (TPSA) is 162 Å². The highest BCUT2D eigenvalue weighted by Crippen LogP contribution is 2.62. The first-order valence-corrected chi connectivity index (χ1v) is 20.0. The average Bonchev–Trinajstić information content (AvgIpc) is 3.22. The fourth-order valence-corrected chi connectivity index (χ4v) is 8.87. The fourth-order valence-electron chi connectivity index (χ4n) is 8.87. The Morgan fingerprint density at radius 2 is 1.72 bits per heavy atom. The van der Waals surface area contributed by atoms with Crippen LogP contribution in [-0.4, -0.2) is 77.6 Å². The summed E-state index contributed by atoms with van der Waals surface area (Å²) < 4.78 is 25.8. The third-order valence-electron chi connectivity index (χ3n) is 11.8. The minimum Gasteiger partial charge on any atom is -0.459 e. The number of carbonyl (C=O) groups is 1. The van der Waals surface area contributed by atoms with Crippen molar-refractivity contribution in [1.29, 1.82) is 0 Å². The molecular formula is C45H55N3O10. The van der Waals surface area contributed by atoms with E-state index < -0.39 is 28.8 Å². The lowest BCUT2D eigenvalue weighted by molar-refractivity contribution is -0.384. The van der Waals surface area contributed by atoms with Gasteiger partial charge in [-0.25, -0.2) is 4.79 Å². The molecule has 1 aliphatic heterocycles. The molecule has 2 aliphatic carbocycles. The predicted octanol–water partition coefficient (Wildman–Crippen LogP) is 8.54. The van der Waals surface area contributed by atoms with Crippen LogP contribution in [0.25, 0.3) is 0 Å². The Bertz CT molecular complexity index is 2000. The number of nitrogens with zero attached hydrogens (tertiary/aromatic N) is 3. The van der Waals surface area contributed by atoms with Gasteiger partial charge in [0.25, 0.3) is 5.69 Å². The van der Waals surface area contributed by atoms with Crippen LogP contribution in [0.3, 0.4) is 0 Å². The Morgan fingerprint density at radius 1 is 1.02 bits per heavy atom. The van der Waals surface area contributed by atoms with Crippen molar-refractivity contribution in [3.8, 4) is 17.2 Å². The van der Waals surface area contributed by atoms with Gasteiger partial charge in [-0.15, -0.1) is 6.58 Å². The molecule has 6 atom stereocenters. The number of benzene rings is 3. The highest BCUT2D eigenvalue weighted by atomic mass is 16.7. The number of rotatable bonds is 18. The van der Waals surface area contributed by atoms with Gasteiger partial charge in [0.15, 0.2) is 0 Å². The molecular weight excluding hydrogens is 743 g/mol. The number of unbranched alkanes of at least 4 members (excludes halogenated alkanes) is 2. The van der Waals surface area contributed by atoms with Crippen molar-refractivity contribution in [2.45, 2.75) is 83.1 Å². The molecule has 0 radical (unpaired) electrons. The lowest BCUT2D eigenvalue weighted by atomic mass is 9.55. The van der Waals surface area contributed by atoms with Crippen LogP contribution in [0, 0.1) is 41.7 Å². The van der Waals surface area contributed by atoms with Crippen LogP contribution in [0.4, 0.5) is 10.5 Å². The van der Waals surface area contributed by atoms with Gasteiger partial charge in [-0.3, -0.25) is 10.1 Å². The maximum Gasteiger partial charge on any atom is 0.409 e. The van der Waals surface area contributed by atoms with E-state index in [9.17, 15) is 25.1 Å². The van der Waals surface area contributed by atoms with Crippen molar-refractivity contribution >= 4 is 17.5 Å². The van der Waals surface area contributed by atoms with E-state index in [0.717, 1.165) is 42.4 Å². The molecule has 13 nitrogen and oxygen atoms in total. The second-order valence-corrected chi connectivity index (χ2v) is 15.4. The zero-order chi connectivity index (χ0) is 41.4. The van der Waals surface area contributed by atoms with Gasteiger partial charge in [0.05, 0.1) is 30.3 Å². The number of carbonyl (C=O) groups excluding carboxylic acids is 1. The van der Waals surface area contributed by atoms with Crippen LogP contribution < -0.4 is 9.47 Å². The molecule has 0 aromatic heterocycles. The van der Waals surface area contributed by atoms with Gasteiger partial charge in [-0.2, -0.15) is 0 Å². The maximum atomic E-state index is 13.5. The number of aliphatic hydroxyl groups is 2. The van der Waals surface area contributed by atoms with Crippen LogP contribution in [0.2, 0.25) is 0 Å². The van der Waals surface area contributed by atoms with Gasteiger partial charge in [0.2, 0.25) is 5.79 Å². The maximum absolute atomic E-state index is 13.5. The third-order valence-corrected chi connectivity index (χ3v) is 11.8. The molecule has 1 fully saturated rings. The number of oxime groups is 1. The summed E-state index contributed by atoms with van der Waals surface area (Å²) in [5.41, 5.74) is 5.39. The van der Waals surface area contributed by atoms with E-state index in [2.05, 4.69) is 32.6 Å². The SMILES string of the molecule is C=CCO[C@@]12Oc3ccc(Oc4ccc(C)c(C)c4)cc3[C@H]3[C@H](CCCCO)[C@@H](CCCCO)C=C(C(=NOCc4ccc([N+](=O)[O-])cc4)C[C@@H]1N(C)C(=O)OC)[C@H]32. The van der Waals surface area contributed by atoms with E-state index in [1.165, 1.54) is 29.7 Å². The summed E-state index contributed by atoms with van der Waals surface area (Å²) in [7, 11) is 2.99. The Hall–Kier alpha value is -5.24. The first kappa shape index (κ1) is 42.4. The van der Waals surface area contributed by atoms with E-state index in [1.54, 1.807) is 25.3 Å². The Morgan fingerprint density at radius 3 is 2.40 bits per heavy atom. The standard InChI is InChI=1S/C45H55N3O10/c1-6-23-55-45-41(47(4)44(51)54-5)27-39(46-56-28-31-14-16-33(17-15-31)48(52)53)37-25-32(11-7-9-21-49)36(12-8-10-22-50)42(43(37)45)38-26-35(19-20-40(38)58-45)57-34-18-13-29(2)30(3)24-34/h6,13-20,24-26,32,36,41-43,49-50H,1,7-12,21-23,27-28H2,2-5H3/t32-,36+,41-,42+,43+,45+/m0/s1. The number of aryl methyl sites for hydroxylation is 2. The summed E-state index contributed by atoms with van der Waals surface area (Å²) in [6, 6.07) is 17.2. The van der Waals surface area contributed by atoms with Crippen LogP contribution in [0.5, 0.6) is 17.2 Å². The van der Waals surface area contributed by atoms with Crippen molar-refractivity contribution in [1.82, 2.24) is 4.90 Å². The number of non-ortho nitro benzene ring substituents is 1. The van der Waals surface area contributed by atoms with Gasteiger partial charge in [-0.05, 0) is 116 Å². The number of hydrogen-bond donors (Lipinski definition) is 2. The summed E-state index contributed by atoms with van der Waals surface area (Å²) >= 11 is 0. The first-order chi connectivity index (χ1) is 28.0. The van der Waals surface area contributed by atoms with Crippen molar-refractivity contribution in [3.63, 3.8) is 0 Å². The number of nitro benzene ring substituents is 1. The quantitative estimate of drug-likeness (QED) is 0.0552. The molecule has 58 heavy (non-hydrogen) atoms. The Balaban J connectivity index is 1.53. The van der Waals surface area contributed by atoms with Gasteiger partial charge in [0, 0.05) is 50.3 Å². The van der Waals surface area contributed by atoms with Gasteiger partial charge >= 0.3 is 6.09 Å². The number of hydrogen-bond acceptors (Lipinski definition) is 11. The normalized spacial score (nSPS) is 23.8. The van der Waals surface area contributed by atoms with Crippen LogP contribution in [0.1, 0.15) is 73.1 Å². The van der Waals surface area contributed by atoms with E-state index in [4.69, 9.17) is 28.9 Å². The molecule has 0 saturated heterocycles. The summed E-state index contributed by atoms with van der Waals surface area (Å²) in [4.78, 5) is 31.8. The number of methoxy groups -OCH3 is 1. The van der Waals surface area contributed by atoms with E-state index in [0.29, 0.717) is 41.4 Å². The second-order valence-electron chi connectivity index (χ2n) is 15.4. The number of likely N-dealkylation sites (N-methyl/N-ethyl adjacent to an activating group) is 1. The molecule has 0 bridgehead atoms. The van der Waals surface area contributed by atoms with Gasteiger partial charge < -0.3 is 38.9 Å². The summed E-state index contributed by atoms with van der Waals surface area (Å²) in [5, 5.41) is 35.7. The highest BCUT2D eigenvalue weighted by Gasteiger charge is 2.65. The predicted molar refractivity (Wildman–Crippen MR) is 219 cm³/mol. The highest BCUT2D eigenvalue weighted by molar-refractivity contribution is 6.02. The molecule has 6 rings (SSSR count). The van der Waals surface area contributed by atoms with Crippen molar-refractivity contribution < 1.29 is 43.7 Å². The molecule has 1 amide bonds. The Kier molecular flexibility index (Phi) is 13.9. The van der Waals surface area contributed by atoms with Crippen molar-refractivity contribution in [2.75, 3.05) is 34.0 Å². The lowest BCUT2D eigenvalue weighted by Gasteiger charge is -2.59. The first-order valence-electron chi connectivity index (χ1n) is 20.0. The zero-order valence-electron chi connectivity index (χ0n) is 33.8. The molecule has 1 heterocycles. The molecule has 310 valence electrons.